The van der Waals surface area contributed by atoms with Crippen molar-refractivity contribution in [1.29, 1.82) is 0 Å². The summed E-state index contributed by atoms with van der Waals surface area (Å²) in [6, 6.07) is 0. The van der Waals surface area contributed by atoms with Crippen molar-refractivity contribution in [2.24, 2.45) is 10.9 Å². The van der Waals surface area contributed by atoms with E-state index in [0.717, 1.165) is 64.4 Å². The number of rotatable bonds is 9. The largest absolute Gasteiger partial charge is 0.379 e. The molecule has 2 fully saturated rings. The third kappa shape index (κ3) is 10.3. The molecule has 26 heavy (non-hydrogen) atoms. The number of hydrogen-bond donors (Lipinski definition) is 2. The maximum absolute atomic E-state index is 5.39. The summed E-state index contributed by atoms with van der Waals surface area (Å²) < 4.78 is 5.39. The summed E-state index contributed by atoms with van der Waals surface area (Å²) in [5.41, 5.74) is 0. The molecule has 0 aromatic carbocycles. The second-order valence-electron chi connectivity index (χ2n) is 7.40. The molecule has 154 valence electrons. The molecule has 2 N–H and O–H groups in total. The smallest absolute Gasteiger partial charge is 0.191 e. The van der Waals surface area contributed by atoms with Crippen LogP contribution in [-0.2, 0) is 4.74 Å². The maximum atomic E-state index is 5.39. The molecule has 0 aromatic heterocycles. The van der Waals surface area contributed by atoms with Crippen molar-refractivity contribution in [2.45, 2.75) is 39.5 Å². The Bertz CT molecular complexity index is 377. The van der Waals surface area contributed by atoms with Crippen molar-refractivity contribution in [3.63, 3.8) is 0 Å². The molecule has 0 spiro atoms. The van der Waals surface area contributed by atoms with Crippen molar-refractivity contribution in [3.05, 3.63) is 0 Å². The molecule has 2 rings (SSSR count). The van der Waals surface area contributed by atoms with Gasteiger partial charge in [-0.2, -0.15) is 0 Å². The molecule has 7 heteroatoms. The number of halogens is 1. The van der Waals surface area contributed by atoms with Gasteiger partial charge in [-0.05, 0) is 51.6 Å². The quantitative estimate of drug-likeness (QED) is 0.229. The fourth-order valence-corrected chi connectivity index (χ4v) is 3.63. The minimum atomic E-state index is 0. The molecule has 1 unspecified atom stereocenters. The van der Waals surface area contributed by atoms with Crippen LogP contribution >= 0.6 is 24.0 Å². The van der Waals surface area contributed by atoms with Gasteiger partial charge in [-0.15, -0.1) is 24.0 Å². The van der Waals surface area contributed by atoms with Gasteiger partial charge in [-0.25, -0.2) is 0 Å². The Morgan fingerprint density at radius 3 is 2.62 bits per heavy atom. The van der Waals surface area contributed by atoms with E-state index in [1.165, 1.54) is 45.3 Å². The van der Waals surface area contributed by atoms with Crippen LogP contribution in [0.3, 0.4) is 0 Å². The molecule has 2 aliphatic heterocycles. The average Bonchev–Trinajstić information content (AvgIpc) is 2.62. The molecular formula is C19H40IN5O. The highest BCUT2D eigenvalue weighted by Crippen LogP contribution is 2.15. The molecule has 0 amide bonds. The van der Waals surface area contributed by atoms with E-state index in [1.807, 2.05) is 0 Å². The number of likely N-dealkylation sites (tertiary alicyclic amines) is 1. The van der Waals surface area contributed by atoms with Crippen LogP contribution in [0.15, 0.2) is 4.99 Å². The van der Waals surface area contributed by atoms with E-state index in [9.17, 15) is 0 Å². The molecule has 6 nitrogen and oxygen atoms in total. The Balaban J connectivity index is 0.00000338. The number of unbranched alkanes of at least 4 members (excludes halogenated alkanes) is 1. The zero-order valence-electron chi connectivity index (χ0n) is 16.8. The molecule has 2 heterocycles. The SMILES string of the molecule is CCNC(=NCCCCN1CCCC(C)C1)NCCN1CCOCC1.I. The highest BCUT2D eigenvalue weighted by molar-refractivity contribution is 14.0. The second-order valence-corrected chi connectivity index (χ2v) is 7.40. The van der Waals surface area contributed by atoms with Gasteiger partial charge in [0, 0.05) is 45.8 Å². The van der Waals surface area contributed by atoms with Crippen LogP contribution < -0.4 is 10.6 Å². The van der Waals surface area contributed by atoms with E-state index in [2.05, 4.69) is 34.3 Å². The Morgan fingerprint density at radius 1 is 1.08 bits per heavy atom. The van der Waals surface area contributed by atoms with Gasteiger partial charge in [0.1, 0.15) is 0 Å². The van der Waals surface area contributed by atoms with Gasteiger partial charge in [0.2, 0.25) is 0 Å². The lowest BCUT2D eigenvalue weighted by Gasteiger charge is -2.30. The summed E-state index contributed by atoms with van der Waals surface area (Å²) in [6.07, 6.45) is 5.20. The van der Waals surface area contributed by atoms with E-state index < -0.39 is 0 Å². The van der Waals surface area contributed by atoms with Gasteiger partial charge in [0.25, 0.3) is 0 Å². The lowest BCUT2D eigenvalue weighted by molar-refractivity contribution is 0.0389. The third-order valence-electron chi connectivity index (χ3n) is 5.06. The fourth-order valence-electron chi connectivity index (χ4n) is 3.63. The van der Waals surface area contributed by atoms with Crippen molar-refractivity contribution >= 4 is 29.9 Å². The number of morpholine rings is 1. The van der Waals surface area contributed by atoms with E-state index in [1.54, 1.807) is 0 Å². The first-order valence-electron chi connectivity index (χ1n) is 10.3. The van der Waals surface area contributed by atoms with Gasteiger partial charge in [-0.1, -0.05) is 6.92 Å². The van der Waals surface area contributed by atoms with Gasteiger partial charge in [0.15, 0.2) is 5.96 Å². The standard InChI is InChI=1S/C19H39N5O.HI/c1-3-20-19(22-9-12-23-13-15-25-16-14-23)21-8-4-5-10-24-11-6-7-18(2)17-24;/h18H,3-17H2,1-2H3,(H2,20,21,22);1H. The molecular weight excluding hydrogens is 441 g/mol. The number of aliphatic imine (C=N–C) groups is 1. The normalized spacial score (nSPS) is 22.7. The van der Waals surface area contributed by atoms with E-state index >= 15 is 0 Å². The Labute approximate surface area is 177 Å². The zero-order valence-corrected chi connectivity index (χ0v) is 19.2. The predicted molar refractivity (Wildman–Crippen MR) is 121 cm³/mol. The van der Waals surface area contributed by atoms with Gasteiger partial charge >= 0.3 is 0 Å². The van der Waals surface area contributed by atoms with Crippen LogP contribution in [0.5, 0.6) is 0 Å². The first-order valence-corrected chi connectivity index (χ1v) is 10.3. The van der Waals surface area contributed by atoms with Crippen LogP contribution in [0.1, 0.15) is 39.5 Å². The van der Waals surface area contributed by atoms with E-state index in [4.69, 9.17) is 9.73 Å². The van der Waals surface area contributed by atoms with Crippen LogP contribution in [0.4, 0.5) is 0 Å². The summed E-state index contributed by atoms with van der Waals surface area (Å²) in [6.45, 7) is 16.0. The zero-order chi connectivity index (χ0) is 17.7. The Morgan fingerprint density at radius 2 is 1.88 bits per heavy atom. The lowest BCUT2D eigenvalue weighted by atomic mass is 10.0. The van der Waals surface area contributed by atoms with Crippen molar-refractivity contribution in [3.8, 4) is 0 Å². The number of ether oxygens (including phenoxy) is 1. The molecule has 0 radical (unpaired) electrons. The first kappa shape index (κ1) is 23.9. The highest BCUT2D eigenvalue weighted by atomic mass is 127. The van der Waals surface area contributed by atoms with Crippen molar-refractivity contribution in [1.82, 2.24) is 20.4 Å². The van der Waals surface area contributed by atoms with E-state index in [-0.39, 0.29) is 24.0 Å². The second kappa shape index (κ2) is 14.9. The summed E-state index contributed by atoms with van der Waals surface area (Å²) >= 11 is 0. The monoisotopic (exact) mass is 481 g/mol. The maximum Gasteiger partial charge on any atom is 0.191 e. The molecule has 2 saturated heterocycles. The molecule has 0 aliphatic carbocycles. The molecule has 0 bridgehead atoms. The number of piperidine rings is 1. The molecule has 0 saturated carbocycles. The van der Waals surface area contributed by atoms with Gasteiger partial charge in [-0.3, -0.25) is 9.89 Å². The minimum absolute atomic E-state index is 0. The number of nitrogens with zero attached hydrogens (tertiary/aromatic N) is 3. The van der Waals surface area contributed by atoms with Crippen LogP contribution in [0.25, 0.3) is 0 Å². The fraction of sp³-hybridized carbons (Fsp3) is 0.947. The first-order chi connectivity index (χ1) is 12.3. The third-order valence-corrected chi connectivity index (χ3v) is 5.06. The van der Waals surface area contributed by atoms with Crippen LogP contribution in [0.2, 0.25) is 0 Å². The summed E-state index contributed by atoms with van der Waals surface area (Å²) in [5, 5.41) is 6.81. The summed E-state index contributed by atoms with van der Waals surface area (Å²) in [4.78, 5) is 9.80. The highest BCUT2D eigenvalue weighted by Gasteiger charge is 2.15. The molecule has 2 aliphatic rings. The Kier molecular flexibility index (Phi) is 13.7. The minimum Gasteiger partial charge on any atom is -0.379 e. The topological polar surface area (TPSA) is 52.1 Å². The number of nitrogens with one attached hydrogen (secondary N) is 2. The van der Waals surface area contributed by atoms with Crippen LogP contribution in [-0.4, -0.2) is 87.9 Å². The van der Waals surface area contributed by atoms with Crippen LogP contribution in [0, 0.1) is 5.92 Å². The lowest BCUT2D eigenvalue weighted by Crippen LogP contribution is -2.44. The number of hydrogen-bond acceptors (Lipinski definition) is 4. The summed E-state index contributed by atoms with van der Waals surface area (Å²) in [5.74, 6) is 1.84. The van der Waals surface area contributed by atoms with Gasteiger partial charge < -0.3 is 20.3 Å². The molecule has 1 atom stereocenters. The molecule has 0 aromatic rings. The van der Waals surface area contributed by atoms with Gasteiger partial charge in [0.05, 0.1) is 13.2 Å². The van der Waals surface area contributed by atoms with Crippen molar-refractivity contribution in [2.75, 3.05) is 72.1 Å². The summed E-state index contributed by atoms with van der Waals surface area (Å²) in [7, 11) is 0. The Hall–Kier alpha value is -0.120. The van der Waals surface area contributed by atoms with E-state index in [0.29, 0.717) is 0 Å². The predicted octanol–water partition coefficient (Wildman–Crippen LogP) is 2.00. The van der Waals surface area contributed by atoms with Crippen molar-refractivity contribution < 1.29 is 4.74 Å². The number of guanidine groups is 1. The average molecular weight is 481 g/mol.